The fourth-order valence-corrected chi connectivity index (χ4v) is 2.54. The SMILES string of the molecule is Cc1cc(-c2cnc(N)c(C(=O)Nc3ccccc3C)c2)ccc1F. The van der Waals surface area contributed by atoms with Crippen LogP contribution in [0.2, 0.25) is 0 Å². The van der Waals surface area contributed by atoms with E-state index in [1.807, 2.05) is 31.2 Å². The van der Waals surface area contributed by atoms with Gasteiger partial charge >= 0.3 is 0 Å². The van der Waals surface area contributed by atoms with Crippen LogP contribution in [0.5, 0.6) is 0 Å². The summed E-state index contributed by atoms with van der Waals surface area (Å²) in [6.07, 6.45) is 1.58. The van der Waals surface area contributed by atoms with Crippen molar-refractivity contribution in [3.8, 4) is 11.1 Å². The van der Waals surface area contributed by atoms with Gasteiger partial charge in [-0.15, -0.1) is 0 Å². The van der Waals surface area contributed by atoms with Crippen LogP contribution in [0.4, 0.5) is 15.9 Å². The largest absolute Gasteiger partial charge is 0.383 e. The fourth-order valence-electron chi connectivity index (χ4n) is 2.54. The van der Waals surface area contributed by atoms with E-state index >= 15 is 0 Å². The average molecular weight is 335 g/mol. The second-order valence-electron chi connectivity index (χ2n) is 5.89. The zero-order valence-corrected chi connectivity index (χ0v) is 14.0. The van der Waals surface area contributed by atoms with E-state index in [9.17, 15) is 9.18 Å². The number of nitrogens with one attached hydrogen (secondary N) is 1. The zero-order valence-electron chi connectivity index (χ0n) is 14.0. The van der Waals surface area contributed by atoms with Gasteiger partial charge in [-0.2, -0.15) is 0 Å². The van der Waals surface area contributed by atoms with E-state index in [-0.39, 0.29) is 23.1 Å². The van der Waals surface area contributed by atoms with Crippen molar-refractivity contribution in [2.75, 3.05) is 11.1 Å². The third kappa shape index (κ3) is 3.50. The van der Waals surface area contributed by atoms with E-state index in [1.165, 1.54) is 6.07 Å². The van der Waals surface area contributed by atoms with E-state index in [2.05, 4.69) is 10.3 Å². The van der Waals surface area contributed by atoms with Gasteiger partial charge < -0.3 is 11.1 Å². The Morgan fingerprint density at radius 3 is 2.52 bits per heavy atom. The number of halogens is 1. The number of nitrogens with zero attached hydrogens (tertiary/aromatic N) is 1. The molecule has 25 heavy (non-hydrogen) atoms. The third-order valence-corrected chi connectivity index (χ3v) is 4.05. The second kappa shape index (κ2) is 6.73. The number of rotatable bonds is 3. The molecule has 0 atom stereocenters. The van der Waals surface area contributed by atoms with Gasteiger partial charge in [0.15, 0.2) is 0 Å². The van der Waals surface area contributed by atoms with Crippen molar-refractivity contribution >= 4 is 17.4 Å². The number of carbonyl (C=O) groups excluding carboxylic acids is 1. The third-order valence-electron chi connectivity index (χ3n) is 4.05. The van der Waals surface area contributed by atoms with Crippen LogP contribution in [-0.2, 0) is 0 Å². The molecular weight excluding hydrogens is 317 g/mol. The van der Waals surface area contributed by atoms with Crippen LogP contribution in [0.15, 0.2) is 54.7 Å². The van der Waals surface area contributed by atoms with Crippen molar-refractivity contribution in [1.29, 1.82) is 0 Å². The first-order valence-electron chi connectivity index (χ1n) is 7.84. The van der Waals surface area contributed by atoms with Crippen molar-refractivity contribution in [3.05, 3.63) is 77.2 Å². The zero-order chi connectivity index (χ0) is 18.0. The molecule has 0 saturated heterocycles. The highest BCUT2D eigenvalue weighted by Crippen LogP contribution is 2.25. The molecule has 1 heterocycles. The van der Waals surface area contributed by atoms with E-state index < -0.39 is 0 Å². The van der Waals surface area contributed by atoms with Gasteiger partial charge in [0.05, 0.1) is 5.56 Å². The number of pyridine rings is 1. The molecule has 0 spiro atoms. The van der Waals surface area contributed by atoms with E-state index in [1.54, 1.807) is 31.3 Å². The molecule has 3 rings (SSSR count). The van der Waals surface area contributed by atoms with Crippen LogP contribution in [0.1, 0.15) is 21.5 Å². The van der Waals surface area contributed by atoms with Gasteiger partial charge in [0.1, 0.15) is 11.6 Å². The average Bonchev–Trinajstić information content (AvgIpc) is 2.60. The van der Waals surface area contributed by atoms with Gasteiger partial charge in [0.25, 0.3) is 5.91 Å². The number of nitrogen functional groups attached to an aromatic ring is 1. The van der Waals surface area contributed by atoms with Crippen LogP contribution < -0.4 is 11.1 Å². The van der Waals surface area contributed by atoms with Crippen LogP contribution in [0.25, 0.3) is 11.1 Å². The lowest BCUT2D eigenvalue weighted by Gasteiger charge is -2.11. The molecule has 2 aromatic carbocycles. The van der Waals surface area contributed by atoms with Gasteiger partial charge in [-0.1, -0.05) is 24.3 Å². The van der Waals surface area contributed by atoms with Gasteiger partial charge in [-0.05, 0) is 54.8 Å². The minimum atomic E-state index is -0.333. The molecule has 1 aromatic heterocycles. The van der Waals surface area contributed by atoms with Crippen LogP contribution in [0.3, 0.4) is 0 Å². The van der Waals surface area contributed by atoms with Gasteiger partial charge in [0.2, 0.25) is 0 Å². The Morgan fingerprint density at radius 1 is 1.04 bits per heavy atom. The summed E-state index contributed by atoms with van der Waals surface area (Å²) < 4.78 is 13.5. The minimum Gasteiger partial charge on any atom is -0.383 e. The maximum absolute atomic E-state index is 13.5. The summed E-state index contributed by atoms with van der Waals surface area (Å²) in [6, 6.07) is 13.9. The first-order chi connectivity index (χ1) is 12.0. The summed E-state index contributed by atoms with van der Waals surface area (Å²) in [5.74, 6) is -0.460. The molecule has 1 amide bonds. The lowest BCUT2D eigenvalue weighted by molar-refractivity contribution is 0.102. The number of para-hydroxylation sites is 1. The fraction of sp³-hybridized carbons (Fsp3) is 0.100. The molecule has 3 aromatic rings. The summed E-state index contributed by atoms with van der Waals surface area (Å²) >= 11 is 0. The number of aryl methyl sites for hydroxylation is 2. The van der Waals surface area contributed by atoms with Gasteiger partial charge in [-0.25, -0.2) is 9.37 Å². The van der Waals surface area contributed by atoms with Crippen molar-refractivity contribution < 1.29 is 9.18 Å². The van der Waals surface area contributed by atoms with Crippen molar-refractivity contribution in [2.24, 2.45) is 0 Å². The monoisotopic (exact) mass is 335 g/mol. The summed E-state index contributed by atoms with van der Waals surface area (Å²) in [6.45, 7) is 3.60. The van der Waals surface area contributed by atoms with Crippen molar-refractivity contribution in [2.45, 2.75) is 13.8 Å². The Balaban J connectivity index is 1.95. The minimum absolute atomic E-state index is 0.147. The maximum atomic E-state index is 13.5. The number of carbonyl (C=O) groups is 1. The van der Waals surface area contributed by atoms with Crippen LogP contribution in [0, 0.1) is 19.7 Å². The molecule has 126 valence electrons. The van der Waals surface area contributed by atoms with Crippen molar-refractivity contribution in [3.63, 3.8) is 0 Å². The normalized spacial score (nSPS) is 10.5. The Kier molecular flexibility index (Phi) is 4.48. The smallest absolute Gasteiger partial charge is 0.259 e. The summed E-state index contributed by atoms with van der Waals surface area (Å²) in [5.41, 5.74) is 9.84. The molecule has 0 fully saturated rings. The van der Waals surface area contributed by atoms with Crippen LogP contribution >= 0.6 is 0 Å². The Hall–Kier alpha value is -3.21. The Labute approximate surface area is 145 Å². The summed E-state index contributed by atoms with van der Waals surface area (Å²) in [7, 11) is 0. The summed E-state index contributed by atoms with van der Waals surface area (Å²) in [4.78, 5) is 16.7. The van der Waals surface area contributed by atoms with E-state index in [4.69, 9.17) is 5.73 Å². The highest BCUT2D eigenvalue weighted by atomic mass is 19.1. The molecule has 3 N–H and O–H groups in total. The molecule has 4 nitrogen and oxygen atoms in total. The topological polar surface area (TPSA) is 68.0 Å². The van der Waals surface area contributed by atoms with Gasteiger partial charge in [-0.3, -0.25) is 4.79 Å². The predicted molar refractivity (Wildman–Crippen MR) is 97.9 cm³/mol. The lowest BCUT2D eigenvalue weighted by Crippen LogP contribution is -2.15. The molecule has 5 heteroatoms. The van der Waals surface area contributed by atoms with Gasteiger partial charge in [0, 0.05) is 17.4 Å². The number of amides is 1. The standard InChI is InChI=1S/C20H18FN3O/c1-12-5-3-4-6-18(12)24-20(25)16-10-15(11-23-19(16)22)14-7-8-17(21)13(2)9-14/h3-11H,1-2H3,(H2,22,23)(H,24,25). The molecule has 0 bridgehead atoms. The van der Waals surface area contributed by atoms with E-state index in [0.29, 0.717) is 11.1 Å². The quantitative estimate of drug-likeness (QED) is 0.748. The molecule has 0 unspecified atom stereocenters. The van der Waals surface area contributed by atoms with E-state index in [0.717, 1.165) is 16.8 Å². The number of benzene rings is 2. The second-order valence-corrected chi connectivity index (χ2v) is 5.89. The molecule has 0 radical (unpaired) electrons. The number of hydrogen-bond acceptors (Lipinski definition) is 3. The highest BCUT2D eigenvalue weighted by Gasteiger charge is 2.14. The van der Waals surface area contributed by atoms with Crippen molar-refractivity contribution in [1.82, 2.24) is 4.98 Å². The lowest BCUT2D eigenvalue weighted by atomic mass is 10.0. The first-order valence-corrected chi connectivity index (χ1v) is 7.84. The molecule has 0 aliphatic carbocycles. The number of anilines is 2. The first kappa shape index (κ1) is 16.6. The predicted octanol–water partition coefficient (Wildman–Crippen LogP) is 4.34. The number of nitrogens with two attached hydrogens (primary N) is 1. The number of aromatic nitrogens is 1. The maximum Gasteiger partial charge on any atom is 0.259 e. The highest BCUT2D eigenvalue weighted by molar-refractivity contribution is 6.08. The number of hydrogen-bond donors (Lipinski definition) is 2. The molecular formula is C20H18FN3O. The Morgan fingerprint density at radius 2 is 1.80 bits per heavy atom. The van der Waals surface area contributed by atoms with Crippen LogP contribution in [-0.4, -0.2) is 10.9 Å². The molecule has 0 aliphatic rings. The Bertz CT molecular complexity index is 953. The molecule has 0 saturated carbocycles. The summed E-state index contributed by atoms with van der Waals surface area (Å²) in [5, 5.41) is 2.85. The molecule has 0 aliphatic heterocycles.